The lowest BCUT2D eigenvalue weighted by Crippen LogP contribution is -2.56. The van der Waals surface area contributed by atoms with Gasteiger partial charge in [0.1, 0.15) is 17.3 Å². The maximum absolute atomic E-state index is 12.3. The van der Waals surface area contributed by atoms with Crippen LogP contribution in [0.3, 0.4) is 0 Å². The minimum Gasteiger partial charge on any atom is -0.470 e. The standard InChI is InChI=1S/C13H13N7O2S/c1-7-3-10(20-13(16-7)14-6-15-20)22-9-4-19(5-9)12(21)11-8(2)17-18-23-11/h3,6,9H,4-5H2,1-2H3. The van der Waals surface area contributed by atoms with Crippen LogP contribution >= 0.6 is 11.5 Å². The smallest absolute Gasteiger partial charge is 0.267 e. The van der Waals surface area contributed by atoms with E-state index >= 15 is 0 Å². The van der Waals surface area contributed by atoms with Crippen LogP contribution in [0.15, 0.2) is 12.4 Å². The minimum atomic E-state index is -0.0747. The summed E-state index contributed by atoms with van der Waals surface area (Å²) in [7, 11) is 0. The number of aromatic nitrogens is 6. The van der Waals surface area contributed by atoms with Crippen molar-refractivity contribution in [2.45, 2.75) is 20.0 Å². The van der Waals surface area contributed by atoms with Crippen LogP contribution in [-0.4, -0.2) is 59.2 Å². The van der Waals surface area contributed by atoms with E-state index in [-0.39, 0.29) is 12.0 Å². The van der Waals surface area contributed by atoms with Gasteiger partial charge in [0, 0.05) is 11.8 Å². The molecule has 0 spiro atoms. The summed E-state index contributed by atoms with van der Waals surface area (Å²) in [6.07, 6.45) is 1.36. The fourth-order valence-electron chi connectivity index (χ4n) is 2.40. The summed E-state index contributed by atoms with van der Waals surface area (Å²) in [6, 6.07) is 1.81. The van der Waals surface area contributed by atoms with Crippen LogP contribution in [0, 0.1) is 13.8 Å². The first-order chi connectivity index (χ1) is 11.1. The van der Waals surface area contributed by atoms with Crippen molar-refractivity contribution in [2.24, 2.45) is 0 Å². The number of likely N-dealkylation sites (tertiary alicyclic amines) is 1. The predicted octanol–water partition coefficient (Wildman–Crippen LogP) is 0.496. The quantitative estimate of drug-likeness (QED) is 0.689. The van der Waals surface area contributed by atoms with Crippen LogP contribution in [0.25, 0.3) is 5.78 Å². The molecule has 3 aromatic rings. The van der Waals surface area contributed by atoms with E-state index in [2.05, 4.69) is 24.7 Å². The average molecular weight is 331 g/mol. The molecule has 0 radical (unpaired) electrons. The number of fused-ring (bicyclic) bond motifs is 1. The second kappa shape index (κ2) is 5.23. The van der Waals surface area contributed by atoms with Crippen LogP contribution < -0.4 is 4.74 Å². The number of carbonyl (C=O) groups is 1. The van der Waals surface area contributed by atoms with Gasteiger partial charge in [0.15, 0.2) is 0 Å². The van der Waals surface area contributed by atoms with Crippen molar-refractivity contribution in [1.82, 2.24) is 34.1 Å². The third-order valence-corrected chi connectivity index (χ3v) is 4.43. The summed E-state index contributed by atoms with van der Waals surface area (Å²) in [5.41, 5.74) is 1.47. The molecule has 9 nitrogen and oxygen atoms in total. The molecule has 1 aliphatic rings. The first-order valence-corrected chi connectivity index (χ1v) is 7.81. The van der Waals surface area contributed by atoms with Crippen molar-refractivity contribution < 1.29 is 9.53 Å². The molecule has 0 atom stereocenters. The molecule has 1 fully saturated rings. The molecule has 3 aromatic heterocycles. The van der Waals surface area contributed by atoms with Crippen LogP contribution in [0.2, 0.25) is 0 Å². The molecule has 0 unspecified atom stereocenters. The highest BCUT2D eigenvalue weighted by atomic mass is 32.1. The highest BCUT2D eigenvalue weighted by molar-refractivity contribution is 7.07. The average Bonchev–Trinajstić information content (AvgIpc) is 3.09. The van der Waals surface area contributed by atoms with E-state index in [4.69, 9.17) is 4.74 Å². The Morgan fingerprint density at radius 1 is 1.39 bits per heavy atom. The molecule has 23 heavy (non-hydrogen) atoms. The number of rotatable bonds is 3. The molecule has 1 amide bonds. The Morgan fingerprint density at radius 2 is 2.22 bits per heavy atom. The van der Waals surface area contributed by atoms with Gasteiger partial charge in [0.05, 0.1) is 18.8 Å². The van der Waals surface area contributed by atoms with E-state index < -0.39 is 0 Å². The number of hydrogen-bond donors (Lipinski definition) is 0. The Labute approximate surface area is 135 Å². The van der Waals surface area contributed by atoms with E-state index in [9.17, 15) is 4.79 Å². The summed E-state index contributed by atoms with van der Waals surface area (Å²) in [4.78, 5) is 22.9. The van der Waals surface area contributed by atoms with Crippen molar-refractivity contribution in [1.29, 1.82) is 0 Å². The molecular weight excluding hydrogens is 318 g/mol. The molecule has 4 rings (SSSR count). The number of hydrogen-bond acceptors (Lipinski definition) is 8. The van der Waals surface area contributed by atoms with Crippen LogP contribution in [0.4, 0.5) is 0 Å². The Hall–Kier alpha value is -2.62. The first-order valence-electron chi connectivity index (χ1n) is 7.04. The second-order valence-corrected chi connectivity index (χ2v) is 6.10. The van der Waals surface area contributed by atoms with Crippen molar-refractivity contribution in [3.05, 3.63) is 28.7 Å². The Kier molecular flexibility index (Phi) is 3.18. The third-order valence-electron chi connectivity index (χ3n) is 3.62. The van der Waals surface area contributed by atoms with Gasteiger partial charge in [-0.3, -0.25) is 4.79 Å². The van der Waals surface area contributed by atoms with E-state index in [1.54, 1.807) is 16.3 Å². The van der Waals surface area contributed by atoms with Crippen molar-refractivity contribution in [3.63, 3.8) is 0 Å². The molecule has 0 bridgehead atoms. The van der Waals surface area contributed by atoms with Gasteiger partial charge >= 0.3 is 0 Å². The summed E-state index contributed by atoms with van der Waals surface area (Å²) in [5.74, 6) is 1.03. The predicted molar refractivity (Wildman–Crippen MR) is 80.5 cm³/mol. The highest BCUT2D eigenvalue weighted by Crippen LogP contribution is 2.22. The van der Waals surface area contributed by atoms with Crippen molar-refractivity contribution in [3.8, 4) is 5.88 Å². The Morgan fingerprint density at radius 3 is 2.96 bits per heavy atom. The molecule has 0 aliphatic carbocycles. The lowest BCUT2D eigenvalue weighted by atomic mass is 10.1. The van der Waals surface area contributed by atoms with Gasteiger partial charge in [0.25, 0.3) is 11.7 Å². The van der Waals surface area contributed by atoms with E-state index in [1.807, 2.05) is 13.0 Å². The second-order valence-electron chi connectivity index (χ2n) is 5.35. The molecule has 4 heterocycles. The number of carbonyl (C=O) groups excluding carboxylic acids is 1. The lowest BCUT2D eigenvalue weighted by Gasteiger charge is -2.38. The molecule has 10 heteroatoms. The fraction of sp³-hybridized carbons (Fsp3) is 0.385. The number of amides is 1. The van der Waals surface area contributed by atoms with Crippen molar-refractivity contribution >= 4 is 23.2 Å². The normalized spacial score (nSPS) is 15.0. The van der Waals surface area contributed by atoms with Gasteiger partial charge in [0.2, 0.25) is 5.88 Å². The van der Waals surface area contributed by atoms with Crippen LogP contribution in [-0.2, 0) is 0 Å². The maximum atomic E-state index is 12.3. The molecule has 0 saturated carbocycles. The van der Waals surface area contributed by atoms with Gasteiger partial charge in [-0.1, -0.05) is 4.49 Å². The van der Waals surface area contributed by atoms with E-state index in [0.717, 1.165) is 17.2 Å². The minimum absolute atomic E-state index is 0.0471. The number of nitrogens with zero attached hydrogens (tertiary/aromatic N) is 7. The van der Waals surface area contributed by atoms with Gasteiger partial charge in [-0.05, 0) is 25.4 Å². The monoisotopic (exact) mass is 331 g/mol. The zero-order valence-corrected chi connectivity index (χ0v) is 13.3. The largest absolute Gasteiger partial charge is 0.470 e. The molecule has 1 saturated heterocycles. The van der Waals surface area contributed by atoms with Gasteiger partial charge in [-0.15, -0.1) is 5.10 Å². The molecule has 0 aromatic carbocycles. The molecule has 0 N–H and O–H groups in total. The number of aryl methyl sites for hydroxylation is 2. The summed E-state index contributed by atoms with van der Waals surface area (Å²) >= 11 is 1.12. The third kappa shape index (κ3) is 2.40. The van der Waals surface area contributed by atoms with E-state index in [1.165, 1.54) is 6.33 Å². The number of ether oxygens (including phenoxy) is 1. The summed E-state index contributed by atoms with van der Waals surface area (Å²) < 4.78 is 11.3. The Bertz CT molecular complexity index is 883. The van der Waals surface area contributed by atoms with Gasteiger partial charge in [-0.2, -0.15) is 14.6 Å². The zero-order valence-electron chi connectivity index (χ0n) is 12.5. The van der Waals surface area contributed by atoms with Gasteiger partial charge < -0.3 is 9.64 Å². The van der Waals surface area contributed by atoms with Crippen LogP contribution in [0.1, 0.15) is 21.1 Å². The molecule has 118 valence electrons. The topological polar surface area (TPSA) is 98.4 Å². The lowest BCUT2D eigenvalue weighted by molar-refractivity contribution is 0.0153. The maximum Gasteiger partial charge on any atom is 0.267 e. The van der Waals surface area contributed by atoms with Crippen LogP contribution in [0.5, 0.6) is 5.88 Å². The fourth-order valence-corrected chi connectivity index (χ4v) is 3.03. The van der Waals surface area contributed by atoms with Crippen molar-refractivity contribution in [2.75, 3.05) is 13.1 Å². The molecule has 1 aliphatic heterocycles. The summed E-state index contributed by atoms with van der Waals surface area (Å²) in [5, 5.41) is 7.97. The molecular formula is C13H13N7O2S. The van der Waals surface area contributed by atoms with E-state index in [0.29, 0.717) is 35.3 Å². The SMILES string of the molecule is Cc1cc(OC2CN(C(=O)c3snnc3C)C2)n2ncnc2n1. The Balaban J connectivity index is 1.45. The summed E-state index contributed by atoms with van der Waals surface area (Å²) in [6.45, 7) is 4.70. The van der Waals surface area contributed by atoms with Gasteiger partial charge in [-0.25, -0.2) is 4.98 Å². The highest BCUT2D eigenvalue weighted by Gasteiger charge is 2.35. The zero-order chi connectivity index (χ0) is 16.0. The first kappa shape index (κ1) is 14.0.